The van der Waals surface area contributed by atoms with Crippen LogP contribution in [0.25, 0.3) is 22.6 Å². The summed E-state index contributed by atoms with van der Waals surface area (Å²) in [6, 6.07) is 11.1. The molecule has 1 saturated heterocycles. The highest BCUT2D eigenvalue weighted by atomic mass is 16.2. The fraction of sp³-hybridized carbons (Fsp3) is 0.417. The van der Waals surface area contributed by atoms with Gasteiger partial charge in [-0.15, -0.1) is 5.10 Å². The van der Waals surface area contributed by atoms with Crippen LogP contribution in [-0.4, -0.2) is 59.9 Å². The molecule has 0 spiro atoms. The average Bonchev–Trinajstić information content (AvgIpc) is 3.45. The molecule has 0 bridgehead atoms. The van der Waals surface area contributed by atoms with Crippen molar-refractivity contribution in [2.75, 3.05) is 6.54 Å². The number of carbonyl (C=O) groups excluding carboxylic acids is 2. The number of hydrogen-bond donors (Lipinski definition) is 1. The van der Waals surface area contributed by atoms with Crippen LogP contribution in [0, 0.1) is 0 Å². The van der Waals surface area contributed by atoms with Gasteiger partial charge in [0.15, 0.2) is 5.82 Å². The van der Waals surface area contributed by atoms with E-state index >= 15 is 0 Å². The molecule has 0 saturated carbocycles. The maximum Gasteiger partial charge on any atom is 0.327 e. The van der Waals surface area contributed by atoms with Crippen LogP contribution in [0.4, 0.5) is 4.79 Å². The molecule has 0 aliphatic carbocycles. The Morgan fingerprint density at radius 3 is 2.45 bits per heavy atom. The summed E-state index contributed by atoms with van der Waals surface area (Å²) in [7, 11) is 0. The normalized spacial score (nSPS) is 16.1. The van der Waals surface area contributed by atoms with Crippen molar-refractivity contribution < 1.29 is 9.59 Å². The van der Waals surface area contributed by atoms with Gasteiger partial charge in [0.1, 0.15) is 6.04 Å². The number of H-pyrrole nitrogens is 1. The lowest BCUT2D eigenvalue weighted by molar-refractivity contribution is -0.128. The number of nitrogens with one attached hydrogen (secondary N) is 1. The molecule has 172 valence electrons. The zero-order valence-corrected chi connectivity index (χ0v) is 19.1. The lowest BCUT2D eigenvalue weighted by Crippen LogP contribution is -2.34. The van der Waals surface area contributed by atoms with Crippen LogP contribution < -0.4 is 0 Å². The topological polar surface area (TPSA) is 108 Å². The number of aromatic amines is 1. The molecule has 3 heterocycles. The summed E-state index contributed by atoms with van der Waals surface area (Å²) >= 11 is 0. The van der Waals surface area contributed by atoms with Gasteiger partial charge in [-0.2, -0.15) is 0 Å². The number of aromatic nitrogens is 5. The van der Waals surface area contributed by atoms with E-state index in [1.807, 2.05) is 36.4 Å². The molecule has 9 nitrogen and oxygen atoms in total. The number of hydrogen-bond acceptors (Lipinski definition) is 6. The van der Waals surface area contributed by atoms with Gasteiger partial charge in [-0.25, -0.2) is 9.89 Å². The lowest BCUT2D eigenvalue weighted by Gasteiger charge is -2.22. The summed E-state index contributed by atoms with van der Waals surface area (Å²) in [6.07, 6.45) is 6.11. The summed E-state index contributed by atoms with van der Waals surface area (Å²) in [4.78, 5) is 33.8. The van der Waals surface area contributed by atoms with Crippen LogP contribution in [0.3, 0.4) is 0 Å². The second-order valence-electron chi connectivity index (χ2n) is 8.26. The van der Waals surface area contributed by atoms with Gasteiger partial charge in [0.05, 0.1) is 5.69 Å². The van der Waals surface area contributed by atoms with E-state index in [0.29, 0.717) is 25.3 Å². The molecule has 2 aromatic heterocycles. The van der Waals surface area contributed by atoms with Crippen LogP contribution in [0.2, 0.25) is 0 Å². The van der Waals surface area contributed by atoms with Crippen molar-refractivity contribution in [3.63, 3.8) is 0 Å². The maximum absolute atomic E-state index is 13.1. The highest BCUT2D eigenvalue weighted by Crippen LogP contribution is 2.29. The van der Waals surface area contributed by atoms with Crippen molar-refractivity contribution in [2.45, 2.75) is 58.5 Å². The van der Waals surface area contributed by atoms with E-state index in [-0.39, 0.29) is 11.9 Å². The minimum atomic E-state index is -0.395. The molecule has 0 radical (unpaired) electrons. The molecule has 1 atom stereocenters. The van der Waals surface area contributed by atoms with Gasteiger partial charge in [0.2, 0.25) is 0 Å². The third kappa shape index (κ3) is 4.76. The zero-order valence-electron chi connectivity index (χ0n) is 19.1. The standard InChI is InChI=1S/C24H29N7O2/c1-3-5-11-21-23(32)30(14-6-4-2)24(33)31(21)16-17-12-13-20(25-15-17)18-9-7-8-10-19(18)22-26-28-29-27-22/h7-10,12-13,15,21H,3-6,11,14,16H2,1-2H3,(H,26,27,28,29)/t21-/m0/s1. The van der Waals surface area contributed by atoms with E-state index in [1.54, 1.807) is 11.1 Å². The number of benzene rings is 1. The number of amides is 3. The highest BCUT2D eigenvalue weighted by Gasteiger charge is 2.43. The molecule has 3 aromatic rings. The van der Waals surface area contributed by atoms with Gasteiger partial charge >= 0.3 is 6.03 Å². The van der Waals surface area contributed by atoms with Gasteiger partial charge < -0.3 is 4.90 Å². The number of rotatable bonds is 10. The molecule has 0 unspecified atom stereocenters. The van der Waals surface area contributed by atoms with Crippen molar-refractivity contribution in [1.29, 1.82) is 0 Å². The summed E-state index contributed by atoms with van der Waals surface area (Å²) in [6.45, 7) is 5.00. The fourth-order valence-electron chi connectivity index (χ4n) is 4.13. The monoisotopic (exact) mass is 447 g/mol. The van der Waals surface area contributed by atoms with Gasteiger partial charge in [0, 0.05) is 30.4 Å². The molecular formula is C24H29N7O2. The first-order chi connectivity index (χ1) is 16.1. The minimum absolute atomic E-state index is 0.0685. The number of tetrazole rings is 1. The molecule has 3 amide bonds. The number of carbonyl (C=O) groups is 2. The summed E-state index contributed by atoms with van der Waals surface area (Å²) in [5, 5.41) is 14.1. The first-order valence-corrected chi connectivity index (χ1v) is 11.5. The number of nitrogens with zero attached hydrogens (tertiary/aromatic N) is 6. The first kappa shape index (κ1) is 22.6. The maximum atomic E-state index is 13.1. The predicted molar refractivity (Wildman–Crippen MR) is 124 cm³/mol. The van der Waals surface area contributed by atoms with Gasteiger partial charge in [-0.05, 0) is 34.9 Å². The Bertz CT molecular complexity index is 1080. The largest absolute Gasteiger partial charge is 0.327 e. The van der Waals surface area contributed by atoms with Crippen molar-refractivity contribution >= 4 is 11.9 Å². The van der Waals surface area contributed by atoms with Crippen molar-refractivity contribution in [2.24, 2.45) is 0 Å². The third-order valence-electron chi connectivity index (χ3n) is 5.95. The van der Waals surface area contributed by atoms with Crippen LogP contribution >= 0.6 is 0 Å². The molecule has 9 heteroatoms. The van der Waals surface area contributed by atoms with Crippen LogP contribution in [0.15, 0.2) is 42.6 Å². The second kappa shape index (κ2) is 10.3. The highest BCUT2D eigenvalue weighted by molar-refractivity contribution is 6.04. The SMILES string of the molecule is CCCC[C@H]1C(=O)N(CCCC)C(=O)N1Cc1ccc(-c2ccccc2-c2nnn[nH]2)nc1. The molecule has 1 aromatic carbocycles. The molecule has 1 aliphatic rings. The number of unbranched alkanes of at least 4 members (excludes halogenated alkanes) is 2. The number of imide groups is 1. The van der Waals surface area contributed by atoms with E-state index in [2.05, 4.69) is 39.5 Å². The summed E-state index contributed by atoms with van der Waals surface area (Å²) in [5.41, 5.74) is 3.43. The molecule has 4 rings (SSSR count). The van der Waals surface area contributed by atoms with Crippen molar-refractivity contribution in [1.82, 2.24) is 35.4 Å². The Labute approximate surface area is 193 Å². The fourth-order valence-corrected chi connectivity index (χ4v) is 4.13. The van der Waals surface area contributed by atoms with E-state index in [4.69, 9.17) is 0 Å². The molecule has 1 N–H and O–H groups in total. The second-order valence-corrected chi connectivity index (χ2v) is 8.26. The van der Waals surface area contributed by atoms with Gasteiger partial charge in [0.25, 0.3) is 5.91 Å². The van der Waals surface area contributed by atoms with E-state index in [0.717, 1.165) is 48.1 Å². The lowest BCUT2D eigenvalue weighted by atomic mass is 10.0. The number of pyridine rings is 1. The Morgan fingerprint density at radius 2 is 1.79 bits per heavy atom. The van der Waals surface area contributed by atoms with Crippen LogP contribution in [-0.2, 0) is 11.3 Å². The van der Waals surface area contributed by atoms with Crippen molar-refractivity contribution in [3.8, 4) is 22.6 Å². The number of urea groups is 1. The van der Waals surface area contributed by atoms with Crippen LogP contribution in [0.5, 0.6) is 0 Å². The van der Waals surface area contributed by atoms with Gasteiger partial charge in [-0.1, -0.05) is 63.4 Å². The smallest absolute Gasteiger partial charge is 0.308 e. The van der Waals surface area contributed by atoms with Gasteiger partial charge in [-0.3, -0.25) is 14.7 Å². The van der Waals surface area contributed by atoms with E-state index in [1.165, 1.54) is 4.90 Å². The average molecular weight is 448 g/mol. The molecule has 1 fully saturated rings. The zero-order chi connectivity index (χ0) is 23.2. The Kier molecular flexibility index (Phi) is 7.07. The Morgan fingerprint density at radius 1 is 1.00 bits per heavy atom. The Hall–Kier alpha value is -3.62. The summed E-state index contributed by atoms with van der Waals surface area (Å²) in [5.74, 6) is 0.504. The van der Waals surface area contributed by atoms with Crippen molar-refractivity contribution in [3.05, 3.63) is 48.2 Å². The minimum Gasteiger partial charge on any atom is -0.308 e. The Balaban J connectivity index is 1.55. The van der Waals surface area contributed by atoms with Crippen LogP contribution in [0.1, 0.15) is 51.5 Å². The molecule has 33 heavy (non-hydrogen) atoms. The predicted octanol–water partition coefficient (Wildman–Crippen LogP) is 4.05. The first-order valence-electron chi connectivity index (χ1n) is 11.5. The van der Waals surface area contributed by atoms with E-state index in [9.17, 15) is 9.59 Å². The van der Waals surface area contributed by atoms with E-state index < -0.39 is 6.04 Å². The molecule has 1 aliphatic heterocycles. The summed E-state index contributed by atoms with van der Waals surface area (Å²) < 4.78 is 0. The quantitative estimate of drug-likeness (QED) is 0.470. The molecular weight excluding hydrogens is 418 g/mol. The third-order valence-corrected chi connectivity index (χ3v) is 5.95.